The zero-order chi connectivity index (χ0) is 21.2. The number of aromatic nitrogens is 3. The molecule has 0 bridgehead atoms. The third kappa shape index (κ3) is 6.06. The third-order valence-electron chi connectivity index (χ3n) is 4.81. The molecule has 0 atom stereocenters. The summed E-state index contributed by atoms with van der Waals surface area (Å²) in [5.74, 6) is 1.40. The number of hydrogen-bond acceptors (Lipinski definition) is 5. The average molecular weight is 395 g/mol. The van der Waals surface area contributed by atoms with E-state index in [9.17, 15) is 0 Å². The average Bonchev–Trinajstić information content (AvgIpc) is 3.03. The molecule has 29 heavy (non-hydrogen) atoms. The van der Waals surface area contributed by atoms with E-state index >= 15 is 0 Å². The van der Waals surface area contributed by atoms with Gasteiger partial charge in [0.25, 0.3) is 0 Å². The van der Waals surface area contributed by atoms with Gasteiger partial charge < -0.3 is 21.4 Å². The van der Waals surface area contributed by atoms with Crippen molar-refractivity contribution in [3.63, 3.8) is 0 Å². The number of unbranched alkanes of at least 4 members (excludes halogenated alkanes) is 1. The number of imidazole rings is 1. The molecule has 0 amide bonds. The Bertz CT molecular complexity index is 1010. The van der Waals surface area contributed by atoms with Gasteiger partial charge >= 0.3 is 0 Å². The molecule has 0 aliphatic heterocycles. The molecule has 0 fully saturated rings. The van der Waals surface area contributed by atoms with E-state index in [4.69, 9.17) is 11.5 Å². The number of nitrogens with one attached hydrogen (secondary N) is 1. The SMILES string of the molecule is C=c1/c(=C\C=C/C)nc(N)c2nc(C)n(CCCCNC/C(C)=C/C/C=C\N)c12. The van der Waals surface area contributed by atoms with Crippen LogP contribution in [0.15, 0.2) is 36.1 Å². The Kier molecular flexibility index (Phi) is 8.68. The van der Waals surface area contributed by atoms with Crippen LogP contribution >= 0.6 is 0 Å². The Morgan fingerprint density at radius 1 is 1.28 bits per heavy atom. The molecule has 0 aromatic carbocycles. The quantitative estimate of drug-likeness (QED) is 0.424. The Hall–Kier alpha value is -2.86. The Labute approximate surface area is 173 Å². The maximum absolute atomic E-state index is 6.16. The summed E-state index contributed by atoms with van der Waals surface area (Å²) < 4.78 is 2.22. The summed E-state index contributed by atoms with van der Waals surface area (Å²) in [6, 6.07) is 0. The standard InChI is InChI=1S/C23H34N6/c1-5-6-12-20-18(3)22-21(23(25)28-20)27-19(4)29(22)15-10-9-14-26-16-17(2)11-7-8-13-24/h5-6,8,11-13,26H,3,7,9-10,14-16,24H2,1-2,4H3,(H2,25,28)/b6-5-,13-8-,17-11+,20-12+. The van der Waals surface area contributed by atoms with E-state index < -0.39 is 0 Å². The van der Waals surface area contributed by atoms with Gasteiger partial charge in [0, 0.05) is 18.3 Å². The van der Waals surface area contributed by atoms with Gasteiger partial charge in [0.1, 0.15) is 11.3 Å². The minimum absolute atomic E-state index is 0.457. The lowest BCUT2D eigenvalue weighted by atomic mass is 10.2. The molecule has 0 radical (unpaired) electrons. The third-order valence-corrected chi connectivity index (χ3v) is 4.81. The summed E-state index contributed by atoms with van der Waals surface area (Å²) >= 11 is 0. The van der Waals surface area contributed by atoms with Crippen molar-refractivity contribution in [1.29, 1.82) is 0 Å². The fourth-order valence-electron chi connectivity index (χ4n) is 3.24. The topological polar surface area (TPSA) is 94.8 Å². The van der Waals surface area contributed by atoms with Gasteiger partial charge in [-0.3, -0.25) is 0 Å². The predicted octanol–water partition coefficient (Wildman–Crippen LogP) is 2.27. The minimum Gasteiger partial charge on any atom is -0.405 e. The van der Waals surface area contributed by atoms with Crippen LogP contribution < -0.4 is 27.4 Å². The van der Waals surface area contributed by atoms with Crippen LogP contribution in [0.2, 0.25) is 0 Å². The van der Waals surface area contributed by atoms with E-state index in [2.05, 4.69) is 39.4 Å². The first-order chi connectivity index (χ1) is 14.0. The number of rotatable bonds is 10. The first-order valence-electron chi connectivity index (χ1n) is 10.2. The number of hydrogen-bond donors (Lipinski definition) is 3. The molecule has 0 aliphatic rings. The van der Waals surface area contributed by atoms with Gasteiger partial charge in [-0.15, -0.1) is 0 Å². The fraction of sp³-hybridized carbons (Fsp3) is 0.391. The van der Waals surface area contributed by atoms with Crippen LogP contribution in [0.1, 0.15) is 38.9 Å². The van der Waals surface area contributed by atoms with Gasteiger partial charge in [-0.05, 0) is 58.9 Å². The molecule has 5 N–H and O–H groups in total. The molecule has 2 heterocycles. The molecule has 0 unspecified atom stereocenters. The van der Waals surface area contributed by atoms with E-state index in [1.165, 1.54) is 5.57 Å². The van der Waals surface area contributed by atoms with E-state index in [0.717, 1.165) is 66.3 Å². The van der Waals surface area contributed by atoms with Crippen molar-refractivity contribution < 1.29 is 0 Å². The van der Waals surface area contributed by atoms with Gasteiger partial charge in [0.15, 0.2) is 5.82 Å². The zero-order valence-corrected chi connectivity index (χ0v) is 17.9. The normalized spacial score (nSPS) is 13.5. The lowest BCUT2D eigenvalue weighted by Crippen LogP contribution is -2.30. The summed E-state index contributed by atoms with van der Waals surface area (Å²) in [5.41, 5.74) is 14.6. The number of nitrogen functional groups attached to an aromatic ring is 1. The first-order valence-corrected chi connectivity index (χ1v) is 10.2. The molecule has 156 valence electrons. The Morgan fingerprint density at radius 2 is 2.07 bits per heavy atom. The Morgan fingerprint density at radius 3 is 2.79 bits per heavy atom. The molecular formula is C23H34N6. The number of anilines is 1. The van der Waals surface area contributed by atoms with Gasteiger partial charge in [0.2, 0.25) is 0 Å². The van der Waals surface area contributed by atoms with Crippen molar-refractivity contribution in [3.8, 4) is 0 Å². The molecule has 0 spiro atoms. The van der Waals surface area contributed by atoms with Crippen molar-refractivity contribution >= 4 is 29.5 Å². The van der Waals surface area contributed by atoms with E-state index in [0.29, 0.717) is 5.82 Å². The van der Waals surface area contributed by atoms with Crippen molar-refractivity contribution in [2.24, 2.45) is 5.73 Å². The fourth-order valence-corrected chi connectivity index (χ4v) is 3.24. The molecule has 2 rings (SSSR count). The highest BCUT2D eigenvalue weighted by molar-refractivity contribution is 5.86. The molecule has 6 heteroatoms. The van der Waals surface area contributed by atoms with Crippen LogP contribution in [0.25, 0.3) is 23.7 Å². The molecule has 6 nitrogen and oxygen atoms in total. The molecule has 2 aromatic rings. The van der Waals surface area contributed by atoms with Crippen LogP contribution in [-0.2, 0) is 6.54 Å². The number of nitrogens with zero attached hydrogens (tertiary/aromatic N) is 3. The smallest absolute Gasteiger partial charge is 0.152 e. The zero-order valence-electron chi connectivity index (χ0n) is 17.9. The van der Waals surface area contributed by atoms with Crippen molar-refractivity contribution in [2.75, 3.05) is 18.8 Å². The summed E-state index contributed by atoms with van der Waals surface area (Å²) in [5, 5.41) is 5.16. The van der Waals surface area contributed by atoms with Crippen molar-refractivity contribution in [1.82, 2.24) is 19.9 Å². The Balaban J connectivity index is 2.02. The number of pyridine rings is 1. The monoisotopic (exact) mass is 394 g/mol. The molecule has 0 saturated heterocycles. The minimum atomic E-state index is 0.457. The van der Waals surface area contributed by atoms with Crippen LogP contribution in [0.5, 0.6) is 0 Å². The lowest BCUT2D eigenvalue weighted by molar-refractivity contribution is 0.579. The van der Waals surface area contributed by atoms with Crippen LogP contribution in [0, 0.1) is 6.92 Å². The molecule has 2 aromatic heterocycles. The van der Waals surface area contributed by atoms with Gasteiger partial charge in [0.05, 0.1) is 10.9 Å². The number of aryl methyl sites for hydroxylation is 2. The lowest BCUT2D eigenvalue weighted by Gasteiger charge is -2.09. The van der Waals surface area contributed by atoms with Crippen molar-refractivity contribution in [2.45, 2.75) is 46.6 Å². The summed E-state index contributed by atoms with van der Waals surface area (Å²) in [6.45, 7) is 13.1. The highest BCUT2D eigenvalue weighted by Crippen LogP contribution is 2.16. The van der Waals surface area contributed by atoms with Crippen LogP contribution in [0.3, 0.4) is 0 Å². The molecule has 0 aliphatic carbocycles. The van der Waals surface area contributed by atoms with Crippen molar-refractivity contribution in [3.05, 3.63) is 52.5 Å². The predicted molar refractivity (Wildman–Crippen MR) is 125 cm³/mol. The maximum Gasteiger partial charge on any atom is 0.152 e. The highest BCUT2D eigenvalue weighted by atomic mass is 15.1. The van der Waals surface area contributed by atoms with Gasteiger partial charge in [-0.25, -0.2) is 9.97 Å². The van der Waals surface area contributed by atoms with E-state index in [1.54, 1.807) is 6.20 Å². The van der Waals surface area contributed by atoms with E-state index in [1.807, 2.05) is 38.2 Å². The van der Waals surface area contributed by atoms with Gasteiger partial charge in [-0.2, -0.15) is 0 Å². The van der Waals surface area contributed by atoms with Crippen LogP contribution in [0.4, 0.5) is 5.82 Å². The number of fused-ring (bicyclic) bond motifs is 1. The second-order valence-electron chi connectivity index (χ2n) is 7.16. The second kappa shape index (κ2) is 11.2. The number of allylic oxidation sites excluding steroid dienone is 4. The van der Waals surface area contributed by atoms with Gasteiger partial charge in [-0.1, -0.05) is 36.5 Å². The second-order valence-corrected chi connectivity index (χ2v) is 7.16. The number of nitrogens with two attached hydrogens (primary N) is 2. The summed E-state index contributed by atoms with van der Waals surface area (Å²) in [6.07, 6.45) is 14.6. The van der Waals surface area contributed by atoms with Crippen LogP contribution in [-0.4, -0.2) is 27.6 Å². The first kappa shape index (κ1) is 22.4. The summed E-state index contributed by atoms with van der Waals surface area (Å²) in [4.78, 5) is 9.10. The highest BCUT2D eigenvalue weighted by Gasteiger charge is 2.12. The molecule has 0 saturated carbocycles. The largest absolute Gasteiger partial charge is 0.405 e. The van der Waals surface area contributed by atoms with E-state index in [-0.39, 0.29) is 0 Å². The summed E-state index contributed by atoms with van der Waals surface area (Å²) in [7, 11) is 0. The maximum atomic E-state index is 6.16. The molecular weight excluding hydrogens is 360 g/mol.